The van der Waals surface area contributed by atoms with E-state index >= 15 is 0 Å². The molecule has 12 heteroatoms. The number of nitrogens with one attached hydrogen (secondary N) is 1. The summed E-state index contributed by atoms with van der Waals surface area (Å²) < 4.78 is 54.3. The number of hydrogen-bond donors (Lipinski definition) is 4. The van der Waals surface area contributed by atoms with Crippen LogP contribution < -0.4 is 11.1 Å². The summed E-state index contributed by atoms with van der Waals surface area (Å²) >= 11 is 0. The van der Waals surface area contributed by atoms with Crippen LogP contribution in [0.5, 0.6) is 0 Å². The van der Waals surface area contributed by atoms with E-state index in [0.29, 0.717) is 16.8 Å². The Kier molecular flexibility index (Phi) is 8.10. The average Bonchev–Trinajstić information content (AvgIpc) is 2.69. The van der Waals surface area contributed by atoms with Crippen LogP contribution in [0.4, 0.5) is 13.2 Å². The molecule has 1 aromatic carbocycles. The number of benzene rings is 1. The number of phosphoric acid groups is 1. The van der Waals surface area contributed by atoms with Gasteiger partial charge in [0.05, 0.1) is 11.7 Å². The maximum atomic E-state index is 13.4. The molecule has 0 fully saturated rings. The number of pyridine rings is 1. The summed E-state index contributed by atoms with van der Waals surface area (Å²) in [6, 6.07) is 7.41. The van der Waals surface area contributed by atoms with Crippen LogP contribution in [-0.2, 0) is 13.9 Å². The average molecular weight is 447 g/mol. The molecule has 0 radical (unpaired) electrons. The Labute approximate surface area is 170 Å². The van der Waals surface area contributed by atoms with Gasteiger partial charge >= 0.3 is 14.2 Å². The highest BCUT2D eigenvalue weighted by Gasteiger charge is 2.33. The largest absolute Gasteiger partial charge is 0.470 e. The lowest BCUT2D eigenvalue weighted by atomic mass is 9.99. The van der Waals surface area contributed by atoms with Gasteiger partial charge in [0.25, 0.3) is 5.91 Å². The molecule has 1 amide bonds. The number of nitrogens with two attached hydrogens (primary N) is 1. The minimum Gasteiger partial charge on any atom is -0.343 e. The molecule has 0 bridgehead atoms. The molecule has 0 saturated carbocycles. The van der Waals surface area contributed by atoms with Crippen LogP contribution in [0.25, 0.3) is 11.1 Å². The Hall–Kier alpha value is -2.30. The van der Waals surface area contributed by atoms with Gasteiger partial charge < -0.3 is 20.8 Å². The number of carbonyl (C=O) groups is 1. The fraction of sp³-hybridized carbons (Fsp3) is 0.333. The zero-order valence-electron chi connectivity index (χ0n) is 15.8. The van der Waals surface area contributed by atoms with Crippen LogP contribution >= 0.6 is 7.82 Å². The highest BCUT2D eigenvalue weighted by molar-refractivity contribution is 7.46. The molecule has 2 rings (SSSR count). The second-order valence-electron chi connectivity index (χ2n) is 6.47. The Morgan fingerprint density at radius 3 is 2.23 bits per heavy atom. The molecular weight excluding hydrogens is 426 g/mol. The van der Waals surface area contributed by atoms with Gasteiger partial charge in [-0.2, -0.15) is 8.78 Å². The Bertz CT molecular complexity index is 891. The van der Waals surface area contributed by atoms with Gasteiger partial charge in [0, 0.05) is 17.8 Å². The van der Waals surface area contributed by atoms with Crippen molar-refractivity contribution in [3.05, 3.63) is 53.9 Å². The fourth-order valence-corrected chi connectivity index (χ4v) is 3.23. The highest BCUT2D eigenvalue weighted by Crippen LogP contribution is 2.44. The monoisotopic (exact) mass is 447 g/mol. The standard InChI is InChI=1S/C18H21F3N3O5P/c1-10(22)14-7-6-13(9-23-14)11-2-4-12(5-3-11)16(29-30(26,27)28)15(8-19)24-18(25)17(20)21/h2-7,9-10,15-17H,8,22H2,1H3,(H,24,25)(H2,26,27,28)/t10-,15+,16+/m0/s1. The molecule has 30 heavy (non-hydrogen) atoms. The van der Waals surface area contributed by atoms with Crippen molar-refractivity contribution in [1.29, 1.82) is 0 Å². The second-order valence-corrected chi connectivity index (χ2v) is 7.66. The SMILES string of the molecule is C[C@H](N)c1ccc(-c2ccc([C@@H](OP(=O)(O)O)[C@@H](CF)NC(=O)C(F)F)cc2)cn1. The van der Waals surface area contributed by atoms with E-state index in [1.807, 2.05) is 0 Å². The third kappa shape index (κ3) is 6.61. The van der Waals surface area contributed by atoms with Gasteiger partial charge in [0.15, 0.2) is 0 Å². The van der Waals surface area contributed by atoms with Gasteiger partial charge in [-0.15, -0.1) is 0 Å². The van der Waals surface area contributed by atoms with E-state index < -0.39 is 39.0 Å². The van der Waals surface area contributed by atoms with Crippen molar-refractivity contribution in [2.75, 3.05) is 6.67 Å². The van der Waals surface area contributed by atoms with Crippen molar-refractivity contribution in [3.8, 4) is 11.1 Å². The summed E-state index contributed by atoms with van der Waals surface area (Å²) in [5.41, 5.74) is 7.89. The Morgan fingerprint density at radius 1 is 1.20 bits per heavy atom. The van der Waals surface area contributed by atoms with Gasteiger partial charge in [0.1, 0.15) is 12.8 Å². The van der Waals surface area contributed by atoms with Crippen molar-refractivity contribution in [2.24, 2.45) is 5.73 Å². The minimum atomic E-state index is -5.13. The predicted octanol–water partition coefficient (Wildman–Crippen LogP) is 2.64. The molecule has 0 unspecified atom stereocenters. The van der Waals surface area contributed by atoms with Gasteiger partial charge in [-0.1, -0.05) is 30.3 Å². The van der Waals surface area contributed by atoms with Gasteiger partial charge in [-0.05, 0) is 24.1 Å². The molecule has 1 aromatic heterocycles. The van der Waals surface area contributed by atoms with Crippen molar-refractivity contribution in [3.63, 3.8) is 0 Å². The van der Waals surface area contributed by atoms with Gasteiger partial charge in [0.2, 0.25) is 0 Å². The molecule has 3 atom stereocenters. The molecule has 164 valence electrons. The quantitative estimate of drug-likeness (QED) is 0.434. The number of amides is 1. The van der Waals surface area contributed by atoms with E-state index in [2.05, 4.69) is 9.51 Å². The minimum absolute atomic E-state index is 0.0689. The topological polar surface area (TPSA) is 135 Å². The molecule has 8 nitrogen and oxygen atoms in total. The van der Waals surface area contributed by atoms with Crippen molar-refractivity contribution >= 4 is 13.7 Å². The lowest BCUT2D eigenvalue weighted by Gasteiger charge is -2.26. The molecule has 0 aliphatic carbocycles. The second kappa shape index (κ2) is 10.1. The van der Waals surface area contributed by atoms with Crippen LogP contribution in [-0.4, -0.2) is 39.8 Å². The molecule has 0 aliphatic heterocycles. The number of phosphoric ester groups is 1. The van der Waals surface area contributed by atoms with Crippen LogP contribution in [0.3, 0.4) is 0 Å². The molecular formula is C18H21F3N3O5P. The molecule has 0 saturated heterocycles. The molecule has 1 heterocycles. The lowest BCUT2D eigenvalue weighted by Crippen LogP contribution is -2.44. The first-order valence-electron chi connectivity index (χ1n) is 8.72. The summed E-state index contributed by atoms with van der Waals surface area (Å²) in [4.78, 5) is 33.7. The summed E-state index contributed by atoms with van der Waals surface area (Å²) in [6.45, 7) is 0.388. The van der Waals surface area contributed by atoms with Gasteiger partial charge in [-0.25, -0.2) is 8.96 Å². The Balaban J connectivity index is 2.31. The first-order chi connectivity index (χ1) is 14.0. The highest BCUT2D eigenvalue weighted by atomic mass is 31.2. The van der Waals surface area contributed by atoms with Crippen molar-refractivity contribution in [1.82, 2.24) is 10.3 Å². The van der Waals surface area contributed by atoms with Crippen LogP contribution in [0, 0.1) is 0 Å². The number of carbonyl (C=O) groups excluding carboxylic acids is 1. The molecule has 0 aliphatic rings. The van der Waals surface area contributed by atoms with E-state index in [1.54, 1.807) is 42.7 Å². The zero-order chi connectivity index (χ0) is 22.5. The van der Waals surface area contributed by atoms with E-state index in [4.69, 9.17) is 15.5 Å². The van der Waals surface area contributed by atoms with E-state index in [-0.39, 0.29) is 11.6 Å². The number of aromatic nitrogens is 1. The van der Waals surface area contributed by atoms with Crippen molar-refractivity contribution in [2.45, 2.75) is 31.5 Å². The third-order valence-corrected chi connectivity index (χ3v) is 4.64. The Morgan fingerprint density at radius 2 is 1.80 bits per heavy atom. The smallest absolute Gasteiger partial charge is 0.343 e. The summed E-state index contributed by atoms with van der Waals surface area (Å²) in [7, 11) is -5.13. The van der Waals surface area contributed by atoms with Crippen molar-refractivity contribution < 1.29 is 36.8 Å². The zero-order valence-corrected chi connectivity index (χ0v) is 16.7. The molecule has 0 spiro atoms. The van der Waals surface area contributed by atoms with E-state index in [0.717, 1.165) is 0 Å². The van der Waals surface area contributed by atoms with Crippen LogP contribution in [0.2, 0.25) is 0 Å². The number of nitrogens with zero attached hydrogens (tertiary/aromatic N) is 1. The number of hydrogen-bond acceptors (Lipinski definition) is 5. The number of rotatable bonds is 9. The first-order valence-corrected chi connectivity index (χ1v) is 10.2. The molecule has 5 N–H and O–H groups in total. The number of alkyl halides is 3. The summed E-state index contributed by atoms with van der Waals surface area (Å²) in [5.74, 6) is -1.78. The predicted molar refractivity (Wildman–Crippen MR) is 102 cm³/mol. The number of halogens is 3. The van der Waals surface area contributed by atoms with E-state index in [1.165, 1.54) is 12.1 Å². The maximum Gasteiger partial charge on any atom is 0.470 e. The van der Waals surface area contributed by atoms with Crippen LogP contribution in [0.1, 0.15) is 30.3 Å². The third-order valence-electron chi connectivity index (χ3n) is 4.13. The van der Waals surface area contributed by atoms with E-state index in [9.17, 15) is 22.5 Å². The van der Waals surface area contributed by atoms with Crippen LogP contribution in [0.15, 0.2) is 42.6 Å². The fourth-order valence-electron chi connectivity index (χ4n) is 2.67. The first kappa shape index (κ1) is 24.0. The summed E-state index contributed by atoms with van der Waals surface area (Å²) in [6.07, 6.45) is -3.54. The molecule has 2 aromatic rings. The summed E-state index contributed by atoms with van der Waals surface area (Å²) in [5, 5.41) is 1.70. The lowest BCUT2D eigenvalue weighted by molar-refractivity contribution is -0.133. The maximum absolute atomic E-state index is 13.4. The normalized spacial score (nSPS) is 14.9. The van der Waals surface area contributed by atoms with Gasteiger partial charge in [-0.3, -0.25) is 14.3 Å².